The molecule has 0 saturated heterocycles. The van der Waals surface area contributed by atoms with Crippen molar-refractivity contribution in [3.63, 3.8) is 0 Å². The van der Waals surface area contributed by atoms with Gasteiger partial charge in [-0.3, -0.25) is 14.2 Å². The minimum absolute atomic E-state index is 0.0634. The molecule has 0 unspecified atom stereocenters. The number of para-hydroxylation sites is 1. The van der Waals surface area contributed by atoms with Gasteiger partial charge in [-0.05, 0) is 43.3 Å². The van der Waals surface area contributed by atoms with Crippen LogP contribution in [0.2, 0.25) is 0 Å². The van der Waals surface area contributed by atoms with Gasteiger partial charge in [-0.25, -0.2) is 9.37 Å². The van der Waals surface area contributed by atoms with E-state index in [-0.39, 0.29) is 29.2 Å². The Hall–Kier alpha value is -3.81. The summed E-state index contributed by atoms with van der Waals surface area (Å²) in [6.45, 7) is 2.14. The third-order valence-electron chi connectivity index (χ3n) is 4.57. The number of nitrogens with zero attached hydrogens (tertiary/aromatic N) is 4. The van der Waals surface area contributed by atoms with Crippen LogP contribution in [0.15, 0.2) is 70.2 Å². The van der Waals surface area contributed by atoms with Gasteiger partial charge in [-0.1, -0.05) is 23.4 Å². The first kappa shape index (κ1) is 18.5. The van der Waals surface area contributed by atoms with E-state index in [0.29, 0.717) is 12.1 Å². The van der Waals surface area contributed by atoms with Gasteiger partial charge < -0.3 is 9.42 Å². The number of likely N-dealkylation sites (N-methyl/N-ethyl adjacent to an activating group) is 1. The molecule has 0 spiro atoms. The average Bonchev–Trinajstić information content (AvgIpc) is 3.17. The van der Waals surface area contributed by atoms with Crippen LogP contribution >= 0.6 is 0 Å². The zero-order chi connectivity index (χ0) is 20.4. The van der Waals surface area contributed by atoms with E-state index in [1.165, 1.54) is 35.2 Å². The molecule has 0 fully saturated rings. The predicted molar refractivity (Wildman–Crippen MR) is 106 cm³/mol. The van der Waals surface area contributed by atoms with Gasteiger partial charge in [0, 0.05) is 17.8 Å². The lowest BCUT2D eigenvalue weighted by atomic mass is 10.1. The van der Waals surface area contributed by atoms with Crippen LogP contribution in [0.4, 0.5) is 10.1 Å². The summed E-state index contributed by atoms with van der Waals surface area (Å²) in [5.41, 5.74) is 1.14. The van der Waals surface area contributed by atoms with Crippen molar-refractivity contribution in [2.45, 2.75) is 13.5 Å². The fourth-order valence-corrected chi connectivity index (χ4v) is 3.14. The first-order chi connectivity index (χ1) is 14.1. The van der Waals surface area contributed by atoms with Gasteiger partial charge in [0.25, 0.3) is 11.3 Å². The molecule has 8 heteroatoms. The topological polar surface area (TPSA) is 81.2 Å². The Morgan fingerprint density at radius 3 is 2.55 bits per heavy atom. The molecule has 4 rings (SSSR count). The highest BCUT2D eigenvalue weighted by molar-refractivity contribution is 5.93. The maximum Gasteiger partial charge on any atom is 0.267 e. The minimum Gasteiger partial charge on any atom is -0.335 e. The van der Waals surface area contributed by atoms with Crippen LogP contribution in [0.5, 0.6) is 0 Å². The SMILES string of the molecule is CCN(C(=O)Cn1cnc2onc(-c3ccc(F)cc3)c2c1=O)c1ccccc1. The lowest BCUT2D eigenvalue weighted by Gasteiger charge is -2.21. The quantitative estimate of drug-likeness (QED) is 0.521. The number of hydrogen-bond donors (Lipinski definition) is 0. The molecule has 0 saturated carbocycles. The summed E-state index contributed by atoms with van der Waals surface area (Å²) < 4.78 is 19.6. The number of amides is 1. The highest BCUT2D eigenvalue weighted by Gasteiger charge is 2.20. The van der Waals surface area contributed by atoms with Crippen LogP contribution in [0, 0.1) is 5.82 Å². The molecule has 0 aliphatic rings. The first-order valence-electron chi connectivity index (χ1n) is 9.04. The first-order valence-corrected chi connectivity index (χ1v) is 9.04. The number of benzene rings is 2. The number of carbonyl (C=O) groups is 1. The molecule has 7 nitrogen and oxygen atoms in total. The second-order valence-corrected chi connectivity index (χ2v) is 6.37. The Bertz CT molecular complexity index is 1220. The molecule has 0 N–H and O–H groups in total. The summed E-state index contributed by atoms with van der Waals surface area (Å²) in [7, 11) is 0. The van der Waals surface area contributed by atoms with Crippen molar-refractivity contribution in [3.8, 4) is 11.3 Å². The molecule has 146 valence electrons. The Morgan fingerprint density at radius 2 is 1.86 bits per heavy atom. The van der Waals surface area contributed by atoms with Gasteiger partial charge in [0.2, 0.25) is 5.91 Å². The van der Waals surface area contributed by atoms with Gasteiger partial charge >= 0.3 is 0 Å². The van der Waals surface area contributed by atoms with Crippen LogP contribution in [0.25, 0.3) is 22.4 Å². The third-order valence-corrected chi connectivity index (χ3v) is 4.57. The van der Waals surface area contributed by atoms with E-state index in [0.717, 1.165) is 5.69 Å². The fraction of sp³-hybridized carbons (Fsp3) is 0.143. The Balaban J connectivity index is 1.71. The maximum atomic E-state index is 13.2. The predicted octanol–water partition coefficient (Wildman–Crippen LogP) is 3.24. The summed E-state index contributed by atoms with van der Waals surface area (Å²) in [4.78, 5) is 31.5. The second kappa shape index (κ2) is 7.67. The monoisotopic (exact) mass is 392 g/mol. The molecule has 0 aliphatic carbocycles. The van der Waals surface area contributed by atoms with E-state index >= 15 is 0 Å². The molecule has 0 bridgehead atoms. The van der Waals surface area contributed by atoms with Crippen molar-refractivity contribution in [2.75, 3.05) is 11.4 Å². The molecule has 1 amide bonds. The lowest BCUT2D eigenvalue weighted by Crippen LogP contribution is -2.36. The largest absolute Gasteiger partial charge is 0.335 e. The molecular formula is C21H17FN4O3. The molecule has 29 heavy (non-hydrogen) atoms. The average molecular weight is 392 g/mol. The van der Waals surface area contributed by atoms with Gasteiger partial charge in [-0.15, -0.1) is 0 Å². The van der Waals surface area contributed by atoms with E-state index in [4.69, 9.17) is 4.52 Å². The second-order valence-electron chi connectivity index (χ2n) is 6.37. The Morgan fingerprint density at radius 1 is 1.14 bits per heavy atom. The highest BCUT2D eigenvalue weighted by atomic mass is 19.1. The normalized spacial score (nSPS) is 11.0. The van der Waals surface area contributed by atoms with Crippen molar-refractivity contribution in [1.29, 1.82) is 0 Å². The minimum atomic E-state index is -0.451. The van der Waals surface area contributed by atoms with Gasteiger partial charge in [0.15, 0.2) is 0 Å². The summed E-state index contributed by atoms with van der Waals surface area (Å²) in [5.74, 6) is -0.648. The van der Waals surface area contributed by atoms with Crippen LogP contribution < -0.4 is 10.5 Å². The molecule has 2 heterocycles. The van der Waals surface area contributed by atoms with E-state index in [9.17, 15) is 14.0 Å². The van der Waals surface area contributed by atoms with Crippen molar-refractivity contribution in [3.05, 3.63) is 77.1 Å². The van der Waals surface area contributed by atoms with Crippen molar-refractivity contribution >= 4 is 22.7 Å². The van der Waals surface area contributed by atoms with Crippen LogP contribution in [0.3, 0.4) is 0 Å². The zero-order valence-electron chi connectivity index (χ0n) is 15.6. The van der Waals surface area contributed by atoms with E-state index in [1.807, 2.05) is 37.3 Å². The van der Waals surface area contributed by atoms with Crippen LogP contribution in [0.1, 0.15) is 6.92 Å². The van der Waals surface area contributed by atoms with Crippen molar-refractivity contribution in [2.24, 2.45) is 0 Å². The third kappa shape index (κ3) is 3.52. The van der Waals surface area contributed by atoms with E-state index in [1.54, 1.807) is 4.90 Å². The molecule has 2 aromatic heterocycles. The van der Waals surface area contributed by atoms with E-state index < -0.39 is 11.4 Å². The van der Waals surface area contributed by atoms with Gasteiger partial charge in [-0.2, -0.15) is 0 Å². The number of aromatic nitrogens is 3. The number of rotatable bonds is 5. The Labute approximate surface area is 165 Å². The van der Waals surface area contributed by atoms with Crippen LogP contribution in [-0.2, 0) is 11.3 Å². The van der Waals surface area contributed by atoms with E-state index in [2.05, 4.69) is 10.1 Å². The standard InChI is InChI=1S/C21H17FN4O3/c1-2-26(16-6-4-3-5-7-16)17(27)12-25-13-23-20-18(21(25)28)19(24-29-20)14-8-10-15(22)11-9-14/h3-11,13H,2,12H2,1H3. The summed E-state index contributed by atoms with van der Waals surface area (Å²) in [6, 6.07) is 14.8. The summed E-state index contributed by atoms with van der Waals surface area (Å²) in [6.07, 6.45) is 1.26. The van der Waals surface area contributed by atoms with Crippen molar-refractivity contribution in [1.82, 2.24) is 14.7 Å². The highest BCUT2D eigenvalue weighted by Crippen LogP contribution is 2.24. The molecule has 0 atom stereocenters. The van der Waals surface area contributed by atoms with Crippen molar-refractivity contribution < 1.29 is 13.7 Å². The number of carbonyl (C=O) groups excluding carboxylic acids is 1. The number of halogens is 1. The molecule has 0 aliphatic heterocycles. The number of fused-ring (bicyclic) bond motifs is 1. The van der Waals surface area contributed by atoms with Crippen LogP contribution in [-0.4, -0.2) is 27.2 Å². The number of anilines is 1. The molecule has 2 aromatic carbocycles. The van der Waals surface area contributed by atoms with Gasteiger partial charge in [0.1, 0.15) is 29.8 Å². The summed E-state index contributed by atoms with van der Waals surface area (Å²) in [5, 5.41) is 4.05. The molecule has 0 radical (unpaired) electrons. The van der Waals surface area contributed by atoms with Gasteiger partial charge in [0.05, 0.1) is 0 Å². The number of hydrogen-bond acceptors (Lipinski definition) is 5. The summed E-state index contributed by atoms with van der Waals surface area (Å²) >= 11 is 0. The zero-order valence-corrected chi connectivity index (χ0v) is 15.6. The Kier molecular flexibility index (Phi) is 4.90. The maximum absolute atomic E-state index is 13.2. The smallest absolute Gasteiger partial charge is 0.267 e. The molecule has 4 aromatic rings. The molecular weight excluding hydrogens is 375 g/mol. The fourth-order valence-electron chi connectivity index (χ4n) is 3.14. The lowest BCUT2D eigenvalue weighted by molar-refractivity contribution is -0.119.